The Hall–Kier alpha value is -1.75. The number of hydrogen-bond donors (Lipinski definition) is 1. The highest BCUT2D eigenvalue weighted by atomic mass is 32.2. The van der Waals surface area contributed by atoms with Gasteiger partial charge in [-0.25, -0.2) is 9.78 Å². The van der Waals surface area contributed by atoms with E-state index in [1.54, 1.807) is 30.9 Å². The molecule has 0 amide bonds. The van der Waals surface area contributed by atoms with Gasteiger partial charge in [-0.3, -0.25) is 0 Å². The van der Waals surface area contributed by atoms with Gasteiger partial charge in [0.15, 0.2) is 0 Å². The van der Waals surface area contributed by atoms with Crippen LogP contribution in [0.3, 0.4) is 0 Å². The van der Waals surface area contributed by atoms with E-state index >= 15 is 0 Å². The average molecular weight is 235 g/mol. The lowest BCUT2D eigenvalue weighted by molar-refractivity contribution is 0.0692. The summed E-state index contributed by atoms with van der Waals surface area (Å²) in [4.78, 5) is 15.0. The monoisotopic (exact) mass is 235 g/mol. The fraction of sp³-hybridized carbons (Fsp3) is 0.0909. The number of aromatic nitrogens is 1. The van der Waals surface area contributed by atoms with Gasteiger partial charge in [0.05, 0.1) is 18.1 Å². The van der Waals surface area contributed by atoms with E-state index in [0.29, 0.717) is 10.8 Å². The Morgan fingerprint density at radius 1 is 1.50 bits per heavy atom. The number of pyridine rings is 1. The van der Waals surface area contributed by atoms with Gasteiger partial charge in [-0.05, 0) is 18.2 Å². The Morgan fingerprint density at radius 2 is 2.38 bits per heavy atom. The summed E-state index contributed by atoms with van der Waals surface area (Å²) in [5, 5.41) is 9.48. The van der Waals surface area contributed by atoms with Gasteiger partial charge in [0.1, 0.15) is 5.03 Å². The number of thioether (sulfide) groups is 1. The lowest BCUT2D eigenvalue weighted by Gasteiger charge is -2.02. The molecule has 5 heteroatoms. The zero-order valence-corrected chi connectivity index (χ0v) is 9.11. The Labute approximate surface area is 96.3 Å². The average Bonchev–Trinajstić information content (AvgIpc) is 2.79. The van der Waals surface area contributed by atoms with Crippen LogP contribution in [0.1, 0.15) is 15.9 Å². The number of nitrogens with zero attached hydrogens (tertiary/aromatic N) is 1. The second-order valence-electron chi connectivity index (χ2n) is 3.08. The minimum absolute atomic E-state index is 0.232. The molecule has 1 N–H and O–H groups in total. The second-order valence-corrected chi connectivity index (χ2v) is 4.05. The molecule has 0 aliphatic heterocycles. The summed E-state index contributed by atoms with van der Waals surface area (Å²) >= 11 is 1.38. The third kappa shape index (κ3) is 2.43. The van der Waals surface area contributed by atoms with Crippen LogP contribution in [0, 0.1) is 0 Å². The lowest BCUT2D eigenvalue weighted by Crippen LogP contribution is -2.00. The number of aromatic carboxylic acids is 1. The molecule has 0 fully saturated rings. The Bertz CT molecular complexity index is 482. The first-order chi connectivity index (χ1) is 7.77. The van der Waals surface area contributed by atoms with Crippen molar-refractivity contribution < 1.29 is 14.3 Å². The molecule has 0 aliphatic carbocycles. The summed E-state index contributed by atoms with van der Waals surface area (Å²) in [6, 6.07) is 5.01. The quantitative estimate of drug-likeness (QED) is 0.825. The van der Waals surface area contributed by atoms with Crippen LogP contribution in [0.15, 0.2) is 46.4 Å². The van der Waals surface area contributed by atoms with Gasteiger partial charge in [0, 0.05) is 17.5 Å². The SMILES string of the molecule is O=C(O)c1cccnc1SCc1ccoc1. The highest BCUT2D eigenvalue weighted by Crippen LogP contribution is 2.24. The standard InChI is InChI=1S/C11H9NO3S/c13-11(14)9-2-1-4-12-10(9)16-7-8-3-5-15-6-8/h1-6H,7H2,(H,13,14). The zero-order chi connectivity index (χ0) is 11.4. The van der Waals surface area contributed by atoms with E-state index in [9.17, 15) is 4.79 Å². The number of furan rings is 1. The normalized spacial score (nSPS) is 10.2. The Morgan fingerprint density at radius 3 is 3.06 bits per heavy atom. The van der Waals surface area contributed by atoms with Crippen molar-refractivity contribution in [3.63, 3.8) is 0 Å². The van der Waals surface area contributed by atoms with Crippen LogP contribution < -0.4 is 0 Å². The largest absolute Gasteiger partial charge is 0.478 e. The van der Waals surface area contributed by atoms with E-state index in [0.717, 1.165) is 5.56 Å². The van der Waals surface area contributed by atoms with Crippen LogP contribution >= 0.6 is 11.8 Å². The van der Waals surface area contributed by atoms with Crippen LogP contribution in [0.4, 0.5) is 0 Å². The fourth-order valence-electron chi connectivity index (χ4n) is 1.20. The van der Waals surface area contributed by atoms with Crippen molar-refractivity contribution in [1.82, 2.24) is 4.98 Å². The van der Waals surface area contributed by atoms with E-state index in [4.69, 9.17) is 9.52 Å². The molecule has 2 aromatic heterocycles. The molecule has 2 heterocycles. The Kier molecular flexibility index (Phi) is 3.26. The fourth-order valence-corrected chi connectivity index (χ4v) is 2.11. The van der Waals surface area contributed by atoms with Crippen LogP contribution in [-0.2, 0) is 5.75 Å². The van der Waals surface area contributed by atoms with Crippen molar-refractivity contribution in [2.75, 3.05) is 0 Å². The molecular formula is C11H9NO3S. The third-order valence-electron chi connectivity index (χ3n) is 1.96. The molecule has 2 rings (SSSR count). The van der Waals surface area contributed by atoms with E-state index in [-0.39, 0.29) is 5.56 Å². The Balaban J connectivity index is 2.12. The van der Waals surface area contributed by atoms with E-state index < -0.39 is 5.97 Å². The predicted octanol–water partition coefficient (Wildman–Crippen LogP) is 2.67. The lowest BCUT2D eigenvalue weighted by atomic mass is 10.3. The van der Waals surface area contributed by atoms with Gasteiger partial charge < -0.3 is 9.52 Å². The molecule has 0 spiro atoms. The highest BCUT2D eigenvalue weighted by molar-refractivity contribution is 7.98. The van der Waals surface area contributed by atoms with Crippen LogP contribution in [0.2, 0.25) is 0 Å². The molecule has 0 atom stereocenters. The summed E-state index contributed by atoms with van der Waals surface area (Å²) in [7, 11) is 0. The number of hydrogen-bond acceptors (Lipinski definition) is 4. The molecule has 16 heavy (non-hydrogen) atoms. The zero-order valence-electron chi connectivity index (χ0n) is 8.29. The number of carboxylic acids is 1. The molecule has 0 bridgehead atoms. The summed E-state index contributed by atoms with van der Waals surface area (Å²) in [6.45, 7) is 0. The summed E-state index contributed by atoms with van der Waals surface area (Å²) in [6.07, 6.45) is 4.81. The number of carbonyl (C=O) groups is 1. The minimum atomic E-state index is -0.956. The van der Waals surface area contributed by atoms with Gasteiger partial charge >= 0.3 is 5.97 Å². The highest BCUT2D eigenvalue weighted by Gasteiger charge is 2.10. The molecular weight excluding hydrogens is 226 g/mol. The van der Waals surface area contributed by atoms with Crippen molar-refractivity contribution in [2.45, 2.75) is 10.8 Å². The number of carboxylic acid groups (broad SMARTS) is 1. The van der Waals surface area contributed by atoms with Gasteiger partial charge in [0.2, 0.25) is 0 Å². The topological polar surface area (TPSA) is 63.3 Å². The molecule has 0 unspecified atom stereocenters. The molecule has 4 nitrogen and oxygen atoms in total. The molecule has 0 aromatic carbocycles. The summed E-state index contributed by atoms with van der Waals surface area (Å²) in [5.74, 6) is -0.309. The number of rotatable bonds is 4. The second kappa shape index (κ2) is 4.85. The smallest absolute Gasteiger partial charge is 0.338 e. The maximum atomic E-state index is 10.9. The van der Waals surface area contributed by atoms with Crippen molar-refractivity contribution in [3.05, 3.63) is 48.0 Å². The van der Waals surface area contributed by atoms with E-state index in [1.807, 2.05) is 6.07 Å². The predicted molar refractivity (Wildman–Crippen MR) is 59.5 cm³/mol. The molecule has 0 saturated carbocycles. The van der Waals surface area contributed by atoms with Crippen LogP contribution in [-0.4, -0.2) is 16.1 Å². The molecule has 0 aliphatic rings. The van der Waals surface area contributed by atoms with Gasteiger partial charge in [0.25, 0.3) is 0 Å². The van der Waals surface area contributed by atoms with Gasteiger partial charge in [-0.15, -0.1) is 11.8 Å². The summed E-state index contributed by atoms with van der Waals surface area (Å²) in [5.41, 5.74) is 1.24. The molecule has 0 radical (unpaired) electrons. The maximum Gasteiger partial charge on any atom is 0.338 e. The summed E-state index contributed by atoms with van der Waals surface area (Å²) < 4.78 is 4.93. The van der Waals surface area contributed by atoms with Crippen LogP contribution in [0.25, 0.3) is 0 Å². The minimum Gasteiger partial charge on any atom is -0.478 e. The van der Waals surface area contributed by atoms with Crippen molar-refractivity contribution in [2.24, 2.45) is 0 Å². The van der Waals surface area contributed by atoms with Crippen molar-refractivity contribution in [1.29, 1.82) is 0 Å². The first-order valence-electron chi connectivity index (χ1n) is 4.59. The van der Waals surface area contributed by atoms with Gasteiger partial charge in [-0.2, -0.15) is 0 Å². The van der Waals surface area contributed by atoms with Crippen molar-refractivity contribution in [3.8, 4) is 0 Å². The maximum absolute atomic E-state index is 10.9. The first-order valence-corrected chi connectivity index (χ1v) is 5.58. The van der Waals surface area contributed by atoms with E-state index in [2.05, 4.69) is 4.98 Å². The molecule has 0 saturated heterocycles. The third-order valence-corrected chi connectivity index (χ3v) is 3.03. The first kappa shape index (κ1) is 10.8. The molecule has 82 valence electrons. The molecule has 2 aromatic rings. The van der Waals surface area contributed by atoms with Gasteiger partial charge in [-0.1, -0.05) is 0 Å². The van der Waals surface area contributed by atoms with Crippen molar-refractivity contribution >= 4 is 17.7 Å². The van der Waals surface area contributed by atoms with E-state index in [1.165, 1.54) is 11.8 Å². The van der Waals surface area contributed by atoms with Crippen LogP contribution in [0.5, 0.6) is 0 Å².